The fourth-order valence-electron chi connectivity index (χ4n) is 2.49. The van der Waals surface area contributed by atoms with E-state index in [0.717, 1.165) is 30.4 Å². The molecule has 21 heavy (non-hydrogen) atoms. The number of aliphatic hydroxyl groups is 1. The van der Waals surface area contributed by atoms with Gasteiger partial charge in [-0.15, -0.1) is 0 Å². The first-order valence-electron chi connectivity index (χ1n) is 7.37. The van der Waals surface area contributed by atoms with Gasteiger partial charge >= 0.3 is 0 Å². The van der Waals surface area contributed by atoms with E-state index in [1.54, 1.807) is 20.8 Å². The summed E-state index contributed by atoms with van der Waals surface area (Å²) in [7, 11) is -3.17. The van der Waals surface area contributed by atoms with Crippen molar-refractivity contribution >= 4 is 9.84 Å². The lowest BCUT2D eigenvalue weighted by Crippen LogP contribution is -2.32. The van der Waals surface area contributed by atoms with E-state index in [0.29, 0.717) is 5.75 Å². The number of hydrogen-bond donors (Lipinski definition) is 1. The molecule has 1 atom stereocenters. The number of sulfone groups is 1. The fraction of sp³-hybridized carbons (Fsp3) is 0.625. The Bertz CT molecular complexity index is 599. The second-order valence-electron chi connectivity index (χ2n) is 6.51. The van der Waals surface area contributed by atoms with Crippen LogP contribution in [0.2, 0.25) is 0 Å². The Morgan fingerprint density at radius 1 is 1.33 bits per heavy atom. The van der Waals surface area contributed by atoms with Gasteiger partial charge in [-0.2, -0.15) is 0 Å². The third-order valence-corrected chi connectivity index (χ3v) is 6.55. The molecule has 1 aromatic rings. The first kappa shape index (κ1) is 16.3. The largest absolute Gasteiger partial charge is 0.492 e. The van der Waals surface area contributed by atoms with Crippen molar-refractivity contribution in [1.82, 2.24) is 0 Å². The molecule has 1 aliphatic carbocycles. The van der Waals surface area contributed by atoms with Crippen molar-refractivity contribution in [2.75, 3.05) is 12.4 Å². The topological polar surface area (TPSA) is 63.6 Å². The minimum absolute atomic E-state index is 0.00270. The molecule has 0 spiro atoms. The summed E-state index contributed by atoms with van der Waals surface area (Å²) in [5.74, 6) is 0.707. The van der Waals surface area contributed by atoms with Crippen LogP contribution in [0.1, 0.15) is 50.8 Å². The van der Waals surface area contributed by atoms with Gasteiger partial charge in [0.25, 0.3) is 0 Å². The van der Waals surface area contributed by atoms with Gasteiger partial charge in [-0.1, -0.05) is 12.1 Å². The number of rotatable bonds is 4. The van der Waals surface area contributed by atoms with Gasteiger partial charge < -0.3 is 9.84 Å². The maximum absolute atomic E-state index is 12.1. The summed E-state index contributed by atoms with van der Waals surface area (Å²) < 4.78 is 29.1. The van der Waals surface area contributed by atoms with Crippen molar-refractivity contribution in [3.63, 3.8) is 0 Å². The molecule has 5 heteroatoms. The third kappa shape index (κ3) is 3.58. The van der Waals surface area contributed by atoms with Gasteiger partial charge in [0.05, 0.1) is 16.6 Å². The number of ether oxygens (including phenoxy) is 1. The van der Waals surface area contributed by atoms with Crippen LogP contribution in [0.5, 0.6) is 5.75 Å². The summed E-state index contributed by atoms with van der Waals surface area (Å²) in [6, 6.07) is 5.61. The number of hydrogen-bond acceptors (Lipinski definition) is 4. The van der Waals surface area contributed by atoms with Gasteiger partial charge in [-0.25, -0.2) is 8.42 Å². The van der Waals surface area contributed by atoms with Crippen molar-refractivity contribution in [2.45, 2.75) is 50.9 Å². The quantitative estimate of drug-likeness (QED) is 0.928. The summed E-state index contributed by atoms with van der Waals surface area (Å²) in [5, 5.41) is 10.00. The van der Waals surface area contributed by atoms with Crippen LogP contribution in [-0.4, -0.2) is 30.6 Å². The van der Waals surface area contributed by atoms with Gasteiger partial charge in [0.15, 0.2) is 9.84 Å². The van der Waals surface area contributed by atoms with Crippen LogP contribution in [0.4, 0.5) is 0 Å². The van der Waals surface area contributed by atoms with Crippen molar-refractivity contribution in [3.05, 3.63) is 29.3 Å². The molecule has 2 rings (SSSR count). The molecule has 0 heterocycles. The second kappa shape index (κ2) is 5.97. The van der Waals surface area contributed by atoms with Gasteiger partial charge in [0, 0.05) is 0 Å². The Morgan fingerprint density at radius 2 is 2.05 bits per heavy atom. The highest BCUT2D eigenvalue weighted by atomic mass is 32.2. The molecule has 0 aliphatic heterocycles. The smallest absolute Gasteiger partial charge is 0.158 e. The number of fused-ring (bicyclic) bond motifs is 1. The standard InChI is InChI=1S/C16H24O4S/c1-16(2,3)21(18,19)11-10-20-15-9-5-6-12-13(15)7-4-8-14(12)17/h5-6,9,14,17H,4,7-8,10-11H2,1-3H3. The predicted octanol–water partition coefficient (Wildman–Crippen LogP) is 2.65. The number of benzene rings is 1. The van der Waals surface area contributed by atoms with E-state index in [9.17, 15) is 13.5 Å². The molecule has 1 aliphatic rings. The van der Waals surface area contributed by atoms with Crippen LogP contribution >= 0.6 is 0 Å². The third-order valence-electron chi connectivity index (χ3n) is 3.98. The zero-order chi connectivity index (χ0) is 15.7. The van der Waals surface area contributed by atoms with Gasteiger partial charge in [-0.3, -0.25) is 0 Å². The highest BCUT2D eigenvalue weighted by Gasteiger charge is 2.29. The Kier molecular flexibility index (Phi) is 4.63. The lowest BCUT2D eigenvalue weighted by molar-refractivity contribution is 0.155. The van der Waals surface area contributed by atoms with Crippen molar-refractivity contribution in [2.24, 2.45) is 0 Å². The maximum Gasteiger partial charge on any atom is 0.158 e. The molecule has 0 aromatic heterocycles. The van der Waals surface area contributed by atoms with Gasteiger partial charge in [-0.05, 0) is 57.2 Å². The van der Waals surface area contributed by atoms with Gasteiger partial charge in [0.1, 0.15) is 12.4 Å². The van der Waals surface area contributed by atoms with Crippen molar-refractivity contribution in [1.29, 1.82) is 0 Å². The molecular formula is C16H24O4S. The van der Waals surface area contributed by atoms with Crippen molar-refractivity contribution < 1.29 is 18.3 Å². The van der Waals surface area contributed by atoms with E-state index in [1.807, 2.05) is 18.2 Å². The molecule has 1 N–H and O–H groups in total. The molecule has 0 bridgehead atoms. The Balaban J connectivity index is 2.07. The van der Waals surface area contributed by atoms with Crippen LogP contribution in [0.15, 0.2) is 18.2 Å². The minimum atomic E-state index is -3.17. The van der Waals surface area contributed by atoms with E-state index in [-0.39, 0.29) is 12.4 Å². The molecular weight excluding hydrogens is 288 g/mol. The van der Waals surface area contributed by atoms with E-state index in [2.05, 4.69) is 0 Å². The van der Waals surface area contributed by atoms with Crippen LogP contribution in [0.25, 0.3) is 0 Å². The van der Waals surface area contributed by atoms with Crippen LogP contribution in [-0.2, 0) is 16.3 Å². The predicted molar refractivity (Wildman–Crippen MR) is 83.4 cm³/mol. The molecule has 1 unspecified atom stereocenters. The van der Waals surface area contributed by atoms with Crippen LogP contribution in [0, 0.1) is 0 Å². The van der Waals surface area contributed by atoms with Crippen molar-refractivity contribution in [3.8, 4) is 5.75 Å². The number of aliphatic hydroxyl groups excluding tert-OH is 1. The zero-order valence-electron chi connectivity index (χ0n) is 12.9. The summed E-state index contributed by atoms with van der Waals surface area (Å²) in [5.41, 5.74) is 1.93. The Hall–Kier alpha value is -1.07. The average Bonchev–Trinajstić information content (AvgIpc) is 2.38. The van der Waals surface area contributed by atoms with E-state index in [4.69, 9.17) is 4.74 Å². The molecule has 0 saturated heterocycles. The normalized spacial score (nSPS) is 19.1. The first-order chi connectivity index (χ1) is 9.72. The molecule has 118 valence electrons. The summed E-state index contributed by atoms with van der Waals surface area (Å²) >= 11 is 0. The van der Waals surface area contributed by atoms with Gasteiger partial charge in [0.2, 0.25) is 0 Å². The zero-order valence-corrected chi connectivity index (χ0v) is 13.7. The SMILES string of the molecule is CC(C)(C)S(=O)(=O)CCOc1cccc2c1CCCC2O. The maximum atomic E-state index is 12.1. The minimum Gasteiger partial charge on any atom is -0.492 e. The Labute approximate surface area is 127 Å². The lowest BCUT2D eigenvalue weighted by Gasteiger charge is -2.24. The molecule has 0 radical (unpaired) electrons. The Morgan fingerprint density at radius 3 is 2.71 bits per heavy atom. The molecule has 0 amide bonds. The fourth-order valence-corrected chi connectivity index (χ4v) is 3.41. The molecule has 1 aromatic carbocycles. The monoisotopic (exact) mass is 312 g/mol. The second-order valence-corrected chi connectivity index (χ2v) is 9.37. The average molecular weight is 312 g/mol. The van der Waals surface area contributed by atoms with E-state index < -0.39 is 20.7 Å². The highest BCUT2D eigenvalue weighted by Crippen LogP contribution is 2.35. The van der Waals surface area contributed by atoms with Crippen LogP contribution in [0.3, 0.4) is 0 Å². The first-order valence-corrected chi connectivity index (χ1v) is 9.02. The lowest BCUT2D eigenvalue weighted by atomic mass is 9.89. The summed E-state index contributed by atoms with van der Waals surface area (Å²) in [6.07, 6.45) is 2.13. The molecule has 4 nitrogen and oxygen atoms in total. The highest BCUT2D eigenvalue weighted by molar-refractivity contribution is 7.92. The molecule has 0 fully saturated rings. The molecule has 0 saturated carbocycles. The van der Waals surface area contributed by atoms with Crippen LogP contribution < -0.4 is 4.74 Å². The summed E-state index contributed by atoms with van der Waals surface area (Å²) in [4.78, 5) is 0. The van der Waals surface area contributed by atoms with E-state index in [1.165, 1.54) is 0 Å². The summed E-state index contributed by atoms with van der Waals surface area (Å²) in [6.45, 7) is 5.24. The van der Waals surface area contributed by atoms with E-state index >= 15 is 0 Å².